The fourth-order valence-corrected chi connectivity index (χ4v) is 5.39. The molecule has 0 aromatic heterocycles. The Labute approximate surface area is 245 Å². The zero-order chi connectivity index (χ0) is 29.1. The molecule has 0 heterocycles. The Balaban J connectivity index is 1.35. The van der Waals surface area contributed by atoms with Crippen LogP contribution in [0.15, 0.2) is 115 Å². The molecule has 6 rings (SSSR count). The highest BCUT2D eigenvalue weighted by Crippen LogP contribution is 2.36. The average molecular weight is 542 g/mol. The van der Waals surface area contributed by atoms with E-state index in [0.29, 0.717) is 11.1 Å². The number of hydrogen-bond donors (Lipinski definition) is 0. The quantitative estimate of drug-likeness (QED) is 0.156. The van der Waals surface area contributed by atoms with Gasteiger partial charge in [0.2, 0.25) is 0 Å². The lowest BCUT2D eigenvalue weighted by atomic mass is 9.91. The number of hydrogen-bond acceptors (Lipinski definition) is 4. The van der Waals surface area contributed by atoms with E-state index in [0.717, 1.165) is 61.0 Å². The van der Waals surface area contributed by atoms with Crippen LogP contribution in [0.5, 0.6) is 5.75 Å². The van der Waals surface area contributed by atoms with Crippen LogP contribution in [-0.4, -0.2) is 7.11 Å². The number of benzene rings is 6. The molecule has 0 N–H and O–H groups in total. The summed E-state index contributed by atoms with van der Waals surface area (Å²) in [6.45, 7) is 2.04. The Hall–Kier alpha value is -5.84. The lowest BCUT2D eigenvalue weighted by Gasteiger charge is -2.25. The highest BCUT2D eigenvalue weighted by molar-refractivity contribution is 6.13. The van der Waals surface area contributed by atoms with Gasteiger partial charge in [0.25, 0.3) is 0 Å². The van der Waals surface area contributed by atoms with Crippen molar-refractivity contribution < 1.29 is 4.74 Å². The van der Waals surface area contributed by atoms with E-state index < -0.39 is 0 Å². The second kappa shape index (κ2) is 11.3. The molecule has 0 fully saturated rings. The molecular weight excluding hydrogens is 514 g/mol. The van der Waals surface area contributed by atoms with Gasteiger partial charge in [-0.1, -0.05) is 78.4 Å². The number of para-hydroxylation sites is 1. The molecule has 0 aliphatic carbocycles. The van der Waals surface area contributed by atoms with Crippen LogP contribution in [0.3, 0.4) is 0 Å². The fourth-order valence-electron chi connectivity index (χ4n) is 5.39. The number of aryl methyl sites for hydroxylation is 1. The zero-order valence-corrected chi connectivity index (χ0v) is 23.4. The minimum atomic E-state index is 0.426. The molecular formula is C38H27N3O. The number of anilines is 3. The molecule has 0 saturated carbocycles. The smallest absolute Gasteiger partial charge is 0.119 e. The van der Waals surface area contributed by atoms with Crippen LogP contribution in [-0.2, 0) is 0 Å². The summed E-state index contributed by atoms with van der Waals surface area (Å²) >= 11 is 0. The third kappa shape index (κ3) is 4.94. The Morgan fingerprint density at radius 3 is 1.71 bits per heavy atom. The van der Waals surface area contributed by atoms with Crippen LogP contribution in [0, 0.1) is 29.6 Å². The van der Waals surface area contributed by atoms with Crippen LogP contribution < -0.4 is 9.64 Å². The molecule has 0 radical (unpaired) electrons. The largest absolute Gasteiger partial charge is 0.497 e. The highest BCUT2D eigenvalue weighted by atomic mass is 16.5. The summed E-state index contributed by atoms with van der Waals surface area (Å²) in [7, 11) is 1.67. The van der Waals surface area contributed by atoms with Gasteiger partial charge in [-0.15, -0.1) is 0 Å². The molecule has 0 spiro atoms. The normalized spacial score (nSPS) is 11.0. The molecule has 200 valence electrons. The molecule has 0 atom stereocenters. The maximum Gasteiger partial charge on any atom is 0.119 e. The van der Waals surface area contributed by atoms with E-state index in [1.807, 2.05) is 61.5 Å². The van der Waals surface area contributed by atoms with Gasteiger partial charge in [0, 0.05) is 27.8 Å². The first-order chi connectivity index (χ1) is 20.6. The van der Waals surface area contributed by atoms with Gasteiger partial charge in [0.05, 0.1) is 18.2 Å². The minimum Gasteiger partial charge on any atom is -0.497 e. The fraction of sp³-hybridized carbons (Fsp3) is 0.0526. The third-order valence-electron chi connectivity index (χ3n) is 7.49. The molecule has 6 aromatic carbocycles. The van der Waals surface area contributed by atoms with Crippen molar-refractivity contribution in [3.05, 3.63) is 143 Å². The van der Waals surface area contributed by atoms with E-state index in [4.69, 9.17) is 4.74 Å². The summed E-state index contributed by atoms with van der Waals surface area (Å²) in [6.07, 6.45) is 4.17. The van der Waals surface area contributed by atoms with E-state index in [9.17, 15) is 10.5 Å². The number of fused-ring (bicyclic) bond motifs is 3. The Bertz CT molecular complexity index is 2030. The summed E-state index contributed by atoms with van der Waals surface area (Å²) in [5.74, 6) is 0.818. The van der Waals surface area contributed by atoms with Crippen molar-refractivity contribution in [3.63, 3.8) is 0 Å². The molecule has 0 aliphatic heterocycles. The summed E-state index contributed by atoms with van der Waals surface area (Å²) in [6, 6.07) is 43.4. The summed E-state index contributed by atoms with van der Waals surface area (Å²) in [4.78, 5) is 2.21. The van der Waals surface area contributed by atoms with Gasteiger partial charge in [-0.2, -0.15) is 10.5 Å². The van der Waals surface area contributed by atoms with E-state index in [1.165, 1.54) is 0 Å². The molecule has 4 heteroatoms. The Morgan fingerprint density at radius 1 is 0.571 bits per heavy atom. The predicted molar refractivity (Wildman–Crippen MR) is 172 cm³/mol. The van der Waals surface area contributed by atoms with Crippen molar-refractivity contribution in [1.82, 2.24) is 0 Å². The SMILES string of the molecule is COc1ccc(N(c2ccccc2)c2ccc(/C=C\c3ccc4c(C#N)c(C#N)c5ccc(C)cc5c4c3)cc2)cc1. The van der Waals surface area contributed by atoms with Crippen LogP contribution in [0.25, 0.3) is 33.7 Å². The summed E-state index contributed by atoms with van der Waals surface area (Å²) < 4.78 is 5.36. The van der Waals surface area contributed by atoms with Gasteiger partial charge in [-0.3, -0.25) is 0 Å². The second-order valence-corrected chi connectivity index (χ2v) is 10.1. The van der Waals surface area contributed by atoms with Crippen LogP contribution in [0.1, 0.15) is 27.8 Å². The number of ether oxygens (including phenoxy) is 1. The first-order valence-corrected chi connectivity index (χ1v) is 13.7. The number of nitriles is 2. The number of nitrogens with zero attached hydrogens (tertiary/aromatic N) is 3. The van der Waals surface area contributed by atoms with Crippen molar-refractivity contribution in [2.45, 2.75) is 6.92 Å². The van der Waals surface area contributed by atoms with Gasteiger partial charge in [-0.25, -0.2) is 0 Å². The number of methoxy groups -OCH3 is 1. The Morgan fingerprint density at radius 2 is 1.10 bits per heavy atom. The van der Waals surface area contributed by atoms with Crippen LogP contribution in [0.4, 0.5) is 17.1 Å². The molecule has 0 amide bonds. The van der Waals surface area contributed by atoms with Crippen molar-refractivity contribution in [2.75, 3.05) is 12.0 Å². The topological polar surface area (TPSA) is 60.0 Å². The van der Waals surface area contributed by atoms with E-state index >= 15 is 0 Å². The molecule has 0 bridgehead atoms. The zero-order valence-electron chi connectivity index (χ0n) is 23.4. The maximum absolute atomic E-state index is 9.89. The standard InChI is InChI=1S/C38H27N3O/c1-26-8-20-33-35(22-26)36-23-28(13-21-34(36)38(25-40)37(33)24-39)10-9-27-11-14-30(15-12-27)41(29-6-4-3-5-7-29)31-16-18-32(42-2)19-17-31/h3-23H,1-2H3/b10-9-. The molecule has 4 nitrogen and oxygen atoms in total. The Kier molecular flexibility index (Phi) is 7.12. The number of rotatable bonds is 6. The first-order valence-electron chi connectivity index (χ1n) is 13.7. The summed E-state index contributed by atoms with van der Waals surface area (Å²) in [5.41, 5.74) is 7.22. The van der Waals surface area contributed by atoms with Crippen molar-refractivity contribution >= 4 is 50.8 Å². The van der Waals surface area contributed by atoms with Gasteiger partial charge in [0.15, 0.2) is 0 Å². The van der Waals surface area contributed by atoms with Crippen LogP contribution in [0.2, 0.25) is 0 Å². The molecule has 42 heavy (non-hydrogen) atoms. The average Bonchev–Trinajstić information content (AvgIpc) is 3.04. The van der Waals surface area contributed by atoms with Gasteiger partial charge < -0.3 is 9.64 Å². The third-order valence-corrected chi connectivity index (χ3v) is 7.49. The minimum absolute atomic E-state index is 0.426. The van der Waals surface area contributed by atoms with E-state index in [2.05, 4.69) is 89.9 Å². The van der Waals surface area contributed by atoms with Gasteiger partial charge >= 0.3 is 0 Å². The van der Waals surface area contributed by atoms with Gasteiger partial charge in [-0.05, 0) is 83.4 Å². The molecule has 0 unspecified atom stereocenters. The monoisotopic (exact) mass is 541 g/mol. The lowest BCUT2D eigenvalue weighted by Crippen LogP contribution is -2.09. The second-order valence-electron chi connectivity index (χ2n) is 10.1. The van der Waals surface area contributed by atoms with E-state index in [1.54, 1.807) is 7.11 Å². The molecule has 6 aromatic rings. The molecule has 0 aliphatic rings. The predicted octanol–water partition coefficient (Wildman–Crippen LogP) is 9.69. The maximum atomic E-state index is 9.89. The first kappa shape index (κ1) is 26.4. The summed E-state index contributed by atoms with van der Waals surface area (Å²) in [5, 5.41) is 23.3. The van der Waals surface area contributed by atoms with Crippen molar-refractivity contribution in [3.8, 4) is 17.9 Å². The van der Waals surface area contributed by atoms with E-state index in [-0.39, 0.29) is 0 Å². The van der Waals surface area contributed by atoms with Crippen molar-refractivity contribution in [2.24, 2.45) is 0 Å². The lowest BCUT2D eigenvalue weighted by molar-refractivity contribution is 0.415. The van der Waals surface area contributed by atoms with Gasteiger partial charge in [0.1, 0.15) is 17.9 Å². The molecule has 0 saturated heterocycles. The highest BCUT2D eigenvalue weighted by Gasteiger charge is 2.15. The van der Waals surface area contributed by atoms with Crippen LogP contribution >= 0.6 is 0 Å². The van der Waals surface area contributed by atoms with Crippen molar-refractivity contribution in [1.29, 1.82) is 10.5 Å².